The minimum atomic E-state index is -3.56. The molecule has 0 unspecified atom stereocenters. The zero-order chi connectivity index (χ0) is 12.2. The molecule has 0 aliphatic carbocycles. The number of nitro groups is 1. The molecular weight excluding hydrogens is 276 g/mol. The van der Waals surface area contributed by atoms with Gasteiger partial charge in [0.1, 0.15) is 6.20 Å². The van der Waals surface area contributed by atoms with Crippen LogP contribution in [0.15, 0.2) is 23.4 Å². The van der Waals surface area contributed by atoms with Crippen molar-refractivity contribution >= 4 is 37.2 Å². The van der Waals surface area contributed by atoms with Gasteiger partial charge >= 0.3 is 5.69 Å². The van der Waals surface area contributed by atoms with E-state index in [1.165, 1.54) is 12.3 Å². The third-order valence-electron chi connectivity index (χ3n) is 1.54. The van der Waals surface area contributed by atoms with Gasteiger partial charge in [0.25, 0.3) is 0 Å². The van der Waals surface area contributed by atoms with E-state index in [-0.39, 0.29) is 17.2 Å². The van der Waals surface area contributed by atoms with E-state index in [1.54, 1.807) is 0 Å². The Morgan fingerprint density at radius 2 is 2.25 bits per heavy atom. The van der Waals surface area contributed by atoms with Gasteiger partial charge in [0.2, 0.25) is 9.05 Å². The average molecular weight is 283 g/mol. The van der Waals surface area contributed by atoms with Crippen molar-refractivity contribution in [3.05, 3.63) is 28.6 Å². The Kier molecular flexibility index (Phi) is 4.51. The molecule has 0 saturated carbocycles. The van der Waals surface area contributed by atoms with Crippen molar-refractivity contribution in [2.24, 2.45) is 0 Å². The van der Waals surface area contributed by atoms with Crippen molar-refractivity contribution in [2.45, 2.75) is 4.90 Å². The molecule has 1 aromatic rings. The van der Waals surface area contributed by atoms with Gasteiger partial charge in [0.05, 0.1) is 15.6 Å². The smallest absolute Gasteiger partial charge is 0.258 e. The SMILES string of the molecule is O=[N+]([O-])c1cnccc1SCCS(=O)(=O)Cl. The first-order chi connectivity index (χ1) is 7.40. The predicted octanol–water partition coefficient (Wildman–Crippen LogP) is 1.65. The van der Waals surface area contributed by atoms with Crippen LogP contribution in [0.1, 0.15) is 0 Å². The fourth-order valence-corrected chi connectivity index (χ4v) is 3.23. The lowest BCUT2D eigenvalue weighted by Gasteiger charge is -2.00. The molecule has 0 atom stereocenters. The lowest BCUT2D eigenvalue weighted by Crippen LogP contribution is -2.00. The lowest BCUT2D eigenvalue weighted by atomic mass is 10.4. The summed E-state index contributed by atoms with van der Waals surface area (Å²) in [6.45, 7) is 0. The second kappa shape index (κ2) is 5.46. The fraction of sp³-hybridized carbons (Fsp3) is 0.286. The second-order valence-electron chi connectivity index (χ2n) is 2.69. The minimum Gasteiger partial charge on any atom is -0.258 e. The van der Waals surface area contributed by atoms with Crippen LogP contribution in [0, 0.1) is 10.1 Å². The number of thioether (sulfide) groups is 1. The van der Waals surface area contributed by atoms with Crippen LogP contribution >= 0.6 is 22.4 Å². The van der Waals surface area contributed by atoms with Crippen LogP contribution in [-0.2, 0) is 9.05 Å². The number of aromatic nitrogens is 1. The van der Waals surface area contributed by atoms with Crippen molar-refractivity contribution in [1.82, 2.24) is 4.98 Å². The number of rotatable bonds is 5. The number of hydrogen-bond donors (Lipinski definition) is 0. The van der Waals surface area contributed by atoms with Crippen LogP contribution in [0.5, 0.6) is 0 Å². The van der Waals surface area contributed by atoms with E-state index in [0.29, 0.717) is 4.90 Å². The Morgan fingerprint density at radius 1 is 1.56 bits per heavy atom. The van der Waals surface area contributed by atoms with Gasteiger partial charge in [0.15, 0.2) is 0 Å². The molecule has 0 aliphatic heterocycles. The quantitative estimate of drug-likeness (QED) is 0.353. The first-order valence-electron chi connectivity index (χ1n) is 4.03. The largest absolute Gasteiger partial charge is 0.300 e. The van der Waals surface area contributed by atoms with Crippen LogP contribution in [0.2, 0.25) is 0 Å². The minimum absolute atomic E-state index is 0.139. The van der Waals surface area contributed by atoms with Gasteiger partial charge in [-0.2, -0.15) is 0 Å². The third kappa shape index (κ3) is 4.33. The molecule has 0 spiro atoms. The predicted molar refractivity (Wildman–Crippen MR) is 61.3 cm³/mol. The van der Waals surface area contributed by atoms with Crippen LogP contribution in [0.3, 0.4) is 0 Å². The highest BCUT2D eigenvalue weighted by Crippen LogP contribution is 2.27. The highest BCUT2D eigenvalue weighted by atomic mass is 35.7. The third-order valence-corrected chi connectivity index (χ3v) is 4.02. The van der Waals surface area contributed by atoms with Gasteiger partial charge in [-0.25, -0.2) is 8.42 Å². The number of hydrogen-bond acceptors (Lipinski definition) is 6. The van der Waals surface area contributed by atoms with E-state index in [9.17, 15) is 18.5 Å². The maximum atomic E-state index is 10.6. The van der Waals surface area contributed by atoms with Crippen molar-refractivity contribution in [1.29, 1.82) is 0 Å². The van der Waals surface area contributed by atoms with Crippen LogP contribution in [0.25, 0.3) is 0 Å². The van der Waals surface area contributed by atoms with Crippen LogP contribution < -0.4 is 0 Å². The summed E-state index contributed by atoms with van der Waals surface area (Å²) in [4.78, 5) is 14.0. The Morgan fingerprint density at radius 3 is 2.81 bits per heavy atom. The monoisotopic (exact) mass is 282 g/mol. The Balaban J connectivity index is 2.71. The normalized spacial score (nSPS) is 11.3. The molecule has 0 aromatic carbocycles. The van der Waals surface area contributed by atoms with Crippen LogP contribution in [0.4, 0.5) is 5.69 Å². The average Bonchev–Trinajstić information content (AvgIpc) is 2.16. The maximum Gasteiger partial charge on any atom is 0.300 e. The standard InChI is InChI=1S/C7H7ClN2O4S2/c8-16(13,14)4-3-15-7-1-2-9-5-6(7)10(11)12/h1-2,5H,3-4H2. The summed E-state index contributed by atoms with van der Waals surface area (Å²) in [7, 11) is 1.45. The van der Waals surface area contributed by atoms with Gasteiger partial charge in [-0.15, -0.1) is 11.8 Å². The van der Waals surface area contributed by atoms with Gasteiger partial charge in [-0.05, 0) is 6.07 Å². The zero-order valence-electron chi connectivity index (χ0n) is 7.87. The Hall–Kier alpha value is -0.860. The highest BCUT2D eigenvalue weighted by molar-refractivity contribution is 8.14. The van der Waals surface area contributed by atoms with E-state index in [2.05, 4.69) is 4.98 Å². The number of halogens is 1. The molecule has 6 nitrogen and oxygen atoms in total. The second-order valence-corrected chi connectivity index (χ2v) is 6.73. The summed E-state index contributed by atoms with van der Waals surface area (Å²) in [6.07, 6.45) is 2.53. The van der Waals surface area contributed by atoms with Gasteiger partial charge in [0, 0.05) is 22.6 Å². The summed E-state index contributed by atoms with van der Waals surface area (Å²) in [5.74, 6) is -0.0740. The topological polar surface area (TPSA) is 90.2 Å². The fourth-order valence-electron chi connectivity index (χ4n) is 0.884. The highest BCUT2D eigenvalue weighted by Gasteiger charge is 2.14. The van der Waals surface area contributed by atoms with Crippen LogP contribution in [-0.4, -0.2) is 29.8 Å². The van der Waals surface area contributed by atoms with Crippen molar-refractivity contribution in [3.8, 4) is 0 Å². The van der Waals surface area contributed by atoms with Gasteiger partial charge in [-0.3, -0.25) is 15.1 Å². The molecule has 0 saturated heterocycles. The Labute approximate surface area is 101 Å². The molecule has 0 fully saturated rings. The van der Waals surface area contributed by atoms with E-state index < -0.39 is 14.0 Å². The molecule has 0 aliphatic rings. The van der Waals surface area contributed by atoms with Gasteiger partial charge < -0.3 is 0 Å². The number of nitrogens with zero attached hydrogens (tertiary/aromatic N) is 2. The number of pyridine rings is 1. The first kappa shape index (κ1) is 13.2. The summed E-state index contributed by atoms with van der Waals surface area (Å²) >= 11 is 1.06. The molecular formula is C7H7ClN2O4S2. The van der Waals surface area contributed by atoms with E-state index >= 15 is 0 Å². The van der Waals surface area contributed by atoms with E-state index in [1.807, 2.05) is 0 Å². The van der Waals surface area contributed by atoms with Crippen molar-refractivity contribution < 1.29 is 13.3 Å². The molecule has 1 aromatic heterocycles. The molecule has 1 rings (SSSR count). The van der Waals surface area contributed by atoms with E-state index in [0.717, 1.165) is 18.0 Å². The lowest BCUT2D eigenvalue weighted by molar-refractivity contribution is -0.388. The van der Waals surface area contributed by atoms with Crippen molar-refractivity contribution in [3.63, 3.8) is 0 Å². The van der Waals surface area contributed by atoms with Crippen molar-refractivity contribution in [2.75, 3.05) is 11.5 Å². The first-order valence-corrected chi connectivity index (χ1v) is 7.50. The molecule has 9 heteroatoms. The summed E-state index contributed by atoms with van der Waals surface area (Å²) in [5, 5.41) is 10.6. The Bertz CT molecular complexity index is 491. The molecule has 0 radical (unpaired) electrons. The maximum absolute atomic E-state index is 10.6. The molecule has 0 N–H and O–H groups in total. The molecule has 1 heterocycles. The molecule has 0 amide bonds. The molecule has 0 bridgehead atoms. The van der Waals surface area contributed by atoms with E-state index in [4.69, 9.17) is 10.7 Å². The zero-order valence-corrected chi connectivity index (χ0v) is 10.3. The molecule has 88 valence electrons. The summed E-state index contributed by atoms with van der Waals surface area (Å²) in [5.41, 5.74) is -0.139. The summed E-state index contributed by atoms with van der Waals surface area (Å²) < 4.78 is 21.3. The van der Waals surface area contributed by atoms with Gasteiger partial charge in [-0.1, -0.05) is 0 Å². The summed E-state index contributed by atoms with van der Waals surface area (Å²) in [6, 6.07) is 1.46. The molecule has 16 heavy (non-hydrogen) atoms.